The van der Waals surface area contributed by atoms with Crippen molar-refractivity contribution in [1.82, 2.24) is 0 Å². The summed E-state index contributed by atoms with van der Waals surface area (Å²) < 4.78 is 0. The lowest BCUT2D eigenvalue weighted by Crippen LogP contribution is -1.80. The van der Waals surface area contributed by atoms with E-state index >= 15 is 0 Å². The SMILES string of the molecule is Oc1c(C#CCCCl)ccc2ccccc12. The van der Waals surface area contributed by atoms with Crippen LogP contribution in [0.15, 0.2) is 36.4 Å². The molecule has 0 fully saturated rings. The fourth-order valence-electron chi connectivity index (χ4n) is 1.56. The predicted octanol–water partition coefficient (Wildman–Crippen LogP) is 3.53. The van der Waals surface area contributed by atoms with E-state index in [1.807, 2.05) is 36.4 Å². The van der Waals surface area contributed by atoms with Crippen LogP contribution in [0.25, 0.3) is 10.8 Å². The van der Waals surface area contributed by atoms with E-state index in [9.17, 15) is 5.11 Å². The molecule has 2 aromatic rings. The molecule has 0 aliphatic rings. The van der Waals surface area contributed by atoms with Crippen molar-refractivity contribution in [3.8, 4) is 17.6 Å². The fraction of sp³-hybridized carbons (Fsp3) is 0.143. The maximum atomic E-state index is 10.0. The Kier molecular flexibility index (Phi) is 3.34. The first kappa shape index (κ1) is 10.9. The van der Waals surface area contributed by atoms with E-state index in [1.165, 1.54) is 0 Å². The van der Waals surface area contributed by atoms with Crippen molar-refractivity contribution in [3.63, 3.8) is 0 Å². The largest absolute Gasteiger partial charge is 0.506 e. The molecule has 0 aliphatic heterocycles. The Morgan fingerprint density at radius 3 is 2.75 bits per heavy atom. The van der Waals surface area contributed by atoms with Crippen LogP contribution in [0.4, 0.5) is 0 Å². The number of hydrogen-bond acceptors (Lipinski definition) is 1. The minimum Gasteiger partial charge on any atom is -0.506 e. The Balaban J connectivity index is 2.49. The third-order valence-electron chi connectivity index (χ3n) is 2.34. The van der Waals surface area contributed by atoms with Gasteiger partial charge < -0.3 is 5.11 Å². The fourth-order valence-corrected chi connectivity index (χ4v) is 1.66. The minimum atomic E-state index is 0.250. The average Bonchev–Trinajstić information content (AvgIpc) is 2.33. The summed E-state index contributed by atoms with van der Waals surface area (Å²) in [5, 5.41) is 11.9. The molecule has 2 heteroatoms. The molecule has 1 nitrogen and oxygen atoms in total. The zero-order valence-electron chi connectivity index (χ0n) is 8.70. The number of halogens is 1. The molecule has 80 valence electrons. The van der Waals surface area contributed by atoms with Crippen LogP contribution in [-0.4, -0.2) is 11.0 Å². The van der Waals surface area contributed by atoms with Gasteiger partial charge in [-0.2, -0.15) is 0 Å². The number of phenols is 1. The first-order valence-corrected chi connectivity index (χ1v) is 5.62. The number of rotatable bonds is 1. The number of benzene rings is 2. The molecule has 0 aromatic heterocycles. The van der Waals surface area contributed by atoms with Gasteiger partial charge in [0.15, 0.2) is 0 Å². The van der Waals surface area contributed by atoms with Gasteiger partial charge in [-0.15, -0.1) is 11.6 Å². The van der Waals surface area contributed by atoms with Gasteiger partial charge in [0.1, 0.15) is 5.75 Å². The van der Waals surface area contributed by atoms with E-state index in [4.69, 9.17) is 11.6 Å². The van der Waals surface area contributed by atoms with Crippen LogP contribution in [0.1, 0.15) is 12.0 Å². The molecule has 2 aromatic carbocycles. The molecule has 1 N–H and O–H groups in total. The lowest BCUT2D eigenvalue weighted by atomic mass is 10.1. The number of hydrogen-bond donors (Lipinski definition) is 1. The standard InChI is InChI=1S/C14H11ClO/c15-10-4-3-6-12-9-8-11-5-1-2-7-13(11)14(12)16/h1-2,5,7-9,16H,4,10H2. The van der Waals surface area contributed by atoms with Gasteiger partial charge in [0.2, 0.25) is 0 Å². The highest BCUT2D eigenvalue weighted by Gasteiger charge is 2.02. The summed E-state index contributed by atoms with van der Waals surface area (Å²) in [6.45, 7) is 0. The normalized spacial score (nSPS) is 9.81. The van der Waals surface area contributed by atoms with Crippen molar-refractivity contribution >= 4 is 22.4 Å². The second-order valence-electron chi connectivity index (χ2n) is 3.42. The summed E-state index contributed by atoms with van der Waals surface area (Å²) in [5.41, 5.74) is 0.656. The third kappa shape index (κ3) is 2.13. The van der Waals surface area contributed by atoms with Crippen LogP contribution >= 0.6 is 11.6 Å². The highest BCUT2D eigenvalue weighted by atomic mass is 35.5. The van der Waals surface area contributed by atoms with Crippen LogP contribution in [0.3, 0.4) is 0 Å². The highest BCUT2D eigenvalue weighted by molar-refractivity contribution is 6.18. The summed E-state index contributed by atoms with van der Waals surface area (Å²) in [4.78, 5) is 0. The van der Waals surface area contributed by atoms with E-state index in [2.05, 4.69) is 11.8 Å². The van der Waals surface area contributed by atoms with Crippen molar-refractivity contribution in [2.45, 2.75) is 6.42 Å². The molecular formula is C14H11ClO. The Morgan fingerprint density at radius 2 is 1.94 bits per heavy atom. The van der Waals surface area contributed by atoms with E-state index in [-0.39, 0.29) is 5.75 Å². The first-order chi connectivity index (χ1) is 7.83. The Morgan fingerprint density at radius 1 is 1.12 bits per heavy atom. The summed E-state index contributed by atoms with van der Waals surface area (Å²) in [5.74, 6) is 6.60. The summed E-state index contributed by atoms with van der Waals surface area (Å²) >= 11 is 5.54. The van der Waals surface area contributed by atoms with Crippen molar-refractivity contribution < 1.29 is 5.11 Å². The van der Waals surface area contributed by atoms with Gasteiger partial charge in [-0.05, 0) is 11.5 Å². The highest BCUT2D eigenvalue weighted by Crippen LogP contribution is 2.27. The molecule has 16 heavy (non-hydrogen) atoms. The first-order valence-electron chi connectivity index (χ1n) is 5.08. The zero-order chi connectivity index (χ0) is 11.4. The van der Waals surface area contributed by atoms with Crippen molar-refractivity contribution in [2.75, 3.05) is 5.88 Å². The summed E-state index contributed by atoms with van der Waals surface area (Å²) in [6.07, 6.45) is 0.633. The zero-order valence-corrected chi connectivity index (χ0v) is 9.46. The maximum Gasteiger partial charge on any atom is 0.139 e. The number of aromatic hydroxyl groups is 1. The molecule has 0 aliphatic carbocycles. The van der Waals surface area contributed by atoms with Gasteiger partial charge in [0, 0.05) is 17.7 Å². The van der Waals surface area contributed by atoms with Gasteiger partial charge in [-0.3, -0.25) is 0 Å². The summed E-state index contributed by atoms with van der Waals surface area (Å²) in [7, 11) is 0. The quantitative estimate of drug-likeness (QED) is 0.587. The van der Waals surface area contributed by atoms with Crippen LogP contribution in [0, 0.1) is 11.8 Å². The molecule has 0 spiro atoms. The van der Waals surface area contributed by atoms with Crippen LogP contribution in [0.5, 0.6) is 5.75 Å². The van der Waals surface area contributed by atoms with Crippen molar-refractivity contribution in [3.05, 3.63) is 42.0 Å². The van der Waals surface area contributed by atoms with Gasteiger partial charge in [0.05, 0.1) is 5.56 Å². The van der Waals surface area contributed by atoms with Crippen molar-refractivity contribution in [2.24, 2.45) is 0 Å². The van der Waals surface area contributed by atoms with E-state index in [1.54, 1.807) is 0 Å². The van der Waals surface area contributed by atoms with E-state index < -0.39 is 0 Å². The molecule has 0 unspecified atom stereocenters. The Bertz CT molecular complexity index is 564. The Labute approximate surface area is 99.7 Å². The topological polar surface area (TPSA) is 20.2 Å². The molecule has 0 atom stereocenters. The molecule has 0 saturated carbocycles. The van der Waals surface area contributed by atoms with Crippen molar-refractivity contribution in [1.29, 1.82) is 0 Å². The van der Waals surface area contributed by atoms with Gasteiger partial charge >= 0.3 is 0 Å². The molecule has 0 saturated heterocycles. The van der Waals surface area contributed by atoms with E-state index in [0.717, 1.165) is 10.8 Å². The second-order valence-corrected chi connectivity index (χ2v) is 3.80. The van der Waals surface area contributed by atoms with Crippen LogP contribution in [0.2, 0.25) is 0 Å². The number of fused-ring (bicyclic) bond motifs is 1. The lowest BCUT2D eigenvalue weighted by Gasteiger charge is -2.02. The van der Waals surface area contributed by atoms with E-state index in [0.29, 0.717) is 17.9 Å². The van der Waals surface area contributed by atoms with Gasteiger partial charge in [-0.1, -0.05) is 42.2 Å². The predicted molar refractivity (Wildman–Crippen MR) is 67.8 cm³/mol. The molecule has 0 bridgehead atoms. The molecule has 0 heterocycles. The third-order valence-corrected chi connectivity index (χ3v) is 2.53. The van der Waals surface area contributed by atoms with Crippen LogP contribution in [-0.2, 0) is 0 Å². The van der Waals surface area contributed by atoms with Crippen LogP contribution < -0.4 is 0 Å². The Hall–Kier alpha value is -1.65. The monoisotopic (exact) mass is 230 g/mol. The molecular weight excluding hydrogens is 220 g/mol. The average molecular weight is 231 g/mol. The van der Waals surface area contributed by atoms with Gasteiger partial charge in [-0.25, -0.2) is 0 Å². The maximum absolute atomic E-state index is 10.0. The molecule has 2 rings (SSSR count). The second kappa shape index (κ2) is 4.92. The number of alkyl halides is 1. The van der Waals surface area contributed by atoms with Gasteiger partial charge in [0.25, 0.3) is 0 Å². The lowest BCUT2D eigenvalue weighted by molar-refractivity contribution is 0.480. The minimum absolute atomic E-state index is 0.250. The number of phenolic OH excluding ortho intramolecular Hbond substituents is 1. The summed E-state index contributed by atoms with van der Waals surface area (Å²) in [6, 6.07) is 11.5. The molecule has 0 radical (unpaired) electrons. The molecule has 0 amide bonds. The smallest absolute Gasteiger partial charge is 0.139 e.